The maximum atomic E-state index is 12.6. The number of anilines is 3. The van der Waals surface area contributed by atoms with Gasteiger partial charge in [0.1, 0.15) is 5.82 Å². The van der Waals surface area contributed by atoms with Crippen molar-refractivity contribution in [3.8, 4) is 0 Å². The quantitative estimate of drug-likeness (QED) is 0.681. The van der Waals surface area contributed by atoms with Crippen LogP contribution in [0.2, 0.25) is 0 Å². The Kier molecular flexibility index (Phi) is 6.80. The first-order valence-corrected chi connectivity index (χ1v) is 10.7. The zero-order chi connectivity index (χ0) is 21.7. The van der Waals surface area contributed by atoms with E-state index < -0.39 is 0 Å². The first-order chi connectivity index (χ1) is 14.2. The standard InChI is InChI=1S/C23H34N6O/c1-23(2,3)18-8-6-7-9-19(18)27-22(30)26-17-12-10-16(11-13-17)25-21-24-15-14-20(28-21)29(4)5/h6-9,14-17H,10-13H2,1-5H3,(H,24,25,28)(H2,26,27,30). The maximum Gasteiger partial charge on any atom is 0.319 e. The normalized spacial score (nSPS) is 19.1. The van der Waals surface area contributed by atoms with Gasteiger partial charge >= 0.3 is 6.03 Å². The van der Waals surface area contributed by atoms with E-state index in [-0.39, 0.29) is 17.5 Å². The molecule has 1 heterocycles. The molecule has 2 amide bonds. The fourth-order valence-corrected chi connectivity index (χ4v) is 3.82. The monoisotopic (exact) mass is 410 g/mol. The molecule has 7 nitrogen and oxygen atoms in total. The Balaban J connectivity index is 1.49. The summed E-state index contributed by atoms with van der Waals surface area (Å²) in [5.41, 5.74) is 1.98. The lowest BCUT2D eigenvalue weighted by Crippen LogP contribution is -2.42. The molecule has 1 aromatic carbocycles. The summed E-state index contributed by atoms with van der Waals surface area (Å²) in [6.07, 6.45) is 5.58. The number of hydrogen-bond acceptors (Lipinski definition) is 5. The largest absolute Gasteiger partial charge is 0.363 e. The molecule has 7 heteroatoms. The zero-order valence-corrected chi connectivity index (χ0v) is 18.7. The Labute approximate surface area is 179 Å². The van der Waals surface area contributed by atoms with E-state index in [0.717, 1.165) is 42.8 Å². The van der Waals surface area contributed by atoms with E-state index in [1.807, 2.05) is 43.3 Å². The minimum absolute atomic E-state index is 0.0282. The van der Waals surface area contributed by atoms with Gasteiger partial charge in [0.15, 0.2) is 0 Å². The smallest absolute Gasteiger partial charge is 0.319 e. The summed E-state index contributed by atoms with van der Waals surface area (Å²) in [6, 6.07) is 10.3. The van der Waals surface area contributed by atoms with Gasteiger partial charge in [0.25, 0.3) is 0 Å². The number of carbonyl (C=O) groups excluding carboxylic acids is 1. The number of amides is 2. The third kappa shape index (κ3) is 5.84. The molecule has 30 heavy (non-hydrogen) atoms. The third-order valence-corrected chi connectivity index (χ3v) is 5.48. The van der Waals surface area contributed by atoms with Crippen molar-refractivity contribution in [3.05, 3.63) is 42.1 Å². The van der Waals surface area contributed by atoms with Crippen LogP contribution in [-0.2, 0) is 5.41 Å². The van der Waals surface area contributed by atoms with Gasteiger partial charge in [0.2, 0.25) is 5.95 Å². The molecule has 1 aliphatic carbocycles. The number of nitrogens with zero attached hydrogens (tertiary/aromatic N) is 3. The van der Waals surface area contributed by atoms with E-state index in [1.165, 1.54) is 0 Å². The van der Waals surface area contributed by atoms with Crippen molar-refractivity contribution in [2.75, 3.05) is 29.6 Å². The highest BCUT2D eigenvalue weighted by Gasteiger charge is 2.24. The third-order valence-electron chi connectivity index (χ3n) is 5.48. The van der Waals surface area contributed by atoms with Crippen molar-refractivity contribution >= 4 is 23.5 Å². The highest BCUT2D eigenvalue weighted by atomic mass is 16.2. The second-order valence-electron chi connectivity index (χ2n) is 9.22. The Bertz CT molecular complexity index is 853. The van der Waals surface area contributed by atoms with Gasteiger partial charge in [0.05, 0.1) is 0 Å². The number of benzene rings is 1. The van der Waals surface area contributed by atoms with Crippen LogP contribution in [0.4, 0.5) is 22.2 Å². The summed E-state index contributed by atoms with van der Waals surface area (Å²) >= 11 is 0. The number of urea groups is 1. The lowest BCUT2D eigenvalue weighted by Gasteiger charge is -2.30. The molecule has 3 rings (SSSR count). The second-order valence-corrected chi connectivity index (χ2v) is 9.22. The first kappa shape index (κ1) is 21.9. The molecule has 3 N–H and O–H groups in total. The van der Waals surface area contributed by atoms with Crippen molar-refractivity contribution in [2.45, 2.75) is 64.0 Å². The Morgan fingerprint density at radius 3 is 2.37 bits per heavy atom. The predicted molar refractivity (Wildman–Crippen MR) is 123 cm³/mol. The van der Waals surface area contributed by atoms with E-state index in [2.05, 4.69) is 52.8 Å². The molecule has 2 aromatic rings. The summed E-state index contributed by atoms with van der Waals surface area (Å²) < 4.78 is 0. The number of para-hydroxylation sites is 1. The summed E-state index contributed by atoms with van der Waals surface area (Å²) in [7, 11) is 3.93. The van der Waals surface area contributed by atoms with Gasteiger partial charge < -0.3 is 20.9 Å². The number of nitrogens with one attached hydrogen (secondary N) is 3. The molecule has 1 aliphatic rings. The predicted octanol–water partition coefficient (Wildman–Crippen LogP) is 4.38. The van der Waals surface area contributed by atoms with E-state index in [0.29, 0.717) is 12.0 Å². The van der Waals surface area contributed by atoms with Crippen molar-refractivity contribution in [1.29, 1.82) is 0 Å². The molecule has 0 atom stereocenters. The minimum atomic E-state index is -0.134. The van der Waals surface area contributed by atoms with Crippen LogP contribution >= 0.6 is 0 Å². The topological polar surface area (TPSA) is 82.2 Å². The Morgan fingerprint density at radius 1 is 1.03 bits per heavy atom. The van der Waals surface area contributed by atoms with Gasteiger partial charge in [-0.05, 0) is 48.8 Å². The van der Waals surface area contributed by atoms with Crippen molar-refractivity contribution in [2.24, 2.45) is 0 Å². The van der Waals surface area contributed by atoms with Gasteiger partial charge in [-0.1, -0.05) is 39.0 Å². The highest BCUT2D eigenvalue weighted by Crippen LogP contribution is 2.29. The molecule has 0 bridgehead atoms. The van der Waals surface area contributed by atoms with Crippen molar-refractivity contribution in [3.63, 3.8) is 0 Å². The summed E-state index contributed by atoms with van der Waals surface area (Å²) in [4.78, 5) is 23.4. The molecular formula is C23H34N6O. The van der Waals surface area contributed by atoms with Crippen LogP contribution in [0.15, 0.2) is 36.5 Å². The van der Waals surface area contributed by atoms with Crippen molar-refractivity contribution in [1.82, 2.24) is 15.3 Å². The van der Waals surface area contributed by atoms with E-state index >= 15 is 0 Å². The lowest BCUT2D eigenvalue weighted by atomic mass is 9.86. The summed E-state index contributed by atoms with van der Waals surface area (Å²) in [5, 5.41) is 9.62. The van der Waals surface area contributed by atoms with Crippen LogP contribution in [0.3, 0.4) is 0 Å². The number of aromatic nitrogens is 2. The molecule has 0 saturated heterocycles. The van der Waals surface area contributed by atoms with Gasteiger partial charge in [-0.3, -0.25) is 0 Å². The average Bonchev–Trinajstić information content (AvgIpc) is 2.69. The molecule has 1 aromatic heterocycles. The van der Waals surface area contributed by atoms with Gasteiger partial charge in [-0.2, -0.15) is 4.98 Å². The van der Waals surface area contributed by atoms with Gasteiger partial charge in [-0.15, -0.1) is 0 Å². The average molecular weight is 411 g/mol. The second kappa shape index (κ2) is 9.32. The minimum Gasteiger partial charge on any atom is -0.363 e. The fraction of sp³-hybridized carbons (Fsp3) is 0.522. The maximum absolute atomic E-state index is 12.6. The van der Waals surface area contributed by atoms with Gasteiger partial charge in [-0.25, -0.2) is 9.78 Å². The molecule has 0 spiro atoms. The van der Waals surface area contributed by atoms with E-state index in [9.17, 15) is 4.79 Å². The Hall–Kier alpha value is -2.83. The Morgan fingerprint density at radius 2 is 1.70 bits per heavy atom. The molecular weight excluding hydrogens is 376 g/mol. The van der Waals surface area contributed by atoms with Crippen LogP contribution < -0.4 is 20.9 Å². The summed E-state index contributed by atoms with van der Waals surface area (Å²) in [6.45, 7) is 6.45. The fourth-order valence-electron chi connectivity index (χ4n) is 3.82. The first-order valence-electron chi connectivity index (χ1n) is 10.7. The van der Waals surface area contributed by atoms with Crippen molar-refractivity contribution < 1.29 is 4.79 Å². The number of carbonyl (C=O) groups is 1. The van der Waals surface area contributed by atoms with Crippen LogP contribution in [0.1, 0.15) is 52.0 Å². The van der Waals surface area contributed by atoms with E-state index in [4.69, 9.17) is 0 Å². The summed E-state index contributed by atoms with van der Waals surface area (Å²) in [5.74, 6) is 1.55. The number of hydrogen-bond donors (Lipinski definition) is 3. The lowest BCUT2D eigenvalue weighted by molar-refractivity contribution is 0.243. The number of rotatable bonds is 5. The van der Waals surface area contributed by atoms with E-state index in [1.54, 1.807) is 6.20 Å². The van der Waals surface area contributed by atoms with Crippen LogP contribution in [0.5, 0.6) is 0 Å². The van der Waals surface area contributed by atoms with Crippen LogP contribution in [-0.4, -0.2) is 42.2 Å². The van der Waals surface area contributed by atoms with Crippen LogP contribution in [0.25, 0.3) is 0 Å². The van der Waals surface area contributed by atoms with Gasteiger partial charge in [0, 0.05) is 38.1 Å². The molecule has 162 valence electrons. The SMILES string of the molecule is CN(C)c1ccnc(NC2CCC(NC(=O)Nc3ccccc3C(C)(C)C)CC2)n1. The van der Waals surface area contributed by atoms with Crippen LogP contribution in [0, 0.1) is 0 Å². The molecule has 0 radical (unpaired) electrons. The molecule has 1 fully saturated rings. The molecule has 0 aliphatic heterocycles. The highest BCUT2D eigenvalue weighted by molar-refractivity contribution is 5.90. The molecule has 0 unspecified atom stereocenters. The zero-order valence-electron chi connectivity index (χ0n) is 18.7. The molecule has 1 saturated carbocycles.